The highest BCUT2D eigenvalue weighted by atomic mass is 32.2. The van der Waals surface area contributed by atoms with Crippen molar-refractivity contribution in [3.8, 4) is 5.75 Å². The van der Waals surface area contributed by atoms with Crippen molar-refractivity contribution >= 4 is 21.6 Å². The van der Waals surface area contributed by atoms with Crippen molar-refractivity contribution in [1.29, 1.82) is 0 Å². The average Bonchev–Trinajstić information content (AvgIpc) is 2.72. The standard InChI is InChI=1S/C21H28N2O4S/c1-4-27-20-11-7-6-9-17(20)10-8-16-22-21(24)18-12-14-19(15-13-18)23(3)28(25,26)5-2/h6-7,9,11-15H,4-5,8,10,16H2,1-3H3,(H,22,24). The summed E-state index contributed by atoms with van der Waals surface area (Å²) in [6.45, 7) is 4.72. The topological polar surface area (TPSA) is 75.7 Å². The largest absolute Gasteiger partial charge is 0.494 e. The predicted octanol–water partition coefficient (Wildman–Crippen LogP) is 3.23. The van der Waals surface area contributed by atoms with Crippen LogP contribution in [0.25, 0.3) is 0 Å². The van der Waals surface area contributed by atoms with Gasteiger partial charge in [-0.3, -0.25) is 9.10 Å². The van der Waals surface area contributed by atoms with E-state index >= 15 is 0 Å². The van der Waals surface area contributed by atoms with Crippen LogP contribution in [0.2, 0.25) is 0 Å². The molecule has 0 fully saturated rings. The Kier molecular flexibility index (Phi) is 7.87. The molecule has 0 aliphatic heterocycles. The number of amides is 1. The molecule has 0 aliphatic carbocycles. The first-order valence-electron chi connectivity index (χ1n) is 9.44. The van der Waals surface area contributed by atoms with Gasteiger partial charge in [-0.15, -0.1) is 0 Å². The fourth-order valence-electron chi connectivity index (χ4n) is 2.77. The highest BCUT2D eigenvalue weighted by Crippen LogP contribution is 2.19. The molecule has 7 heteroatoms. The third-order valence-corrected chi connectivity index (χ3v) is 6.23. The number of benzene rings is 2. The maximum absolute atomic E-state index is 12.3. The Morgan fingerprint density at radius 1 is 1.07 bits per heavy atom. The van der Waals surface area contributed by atoms with Crippen molar-refractivity contribution < 1.29 is 17.9 Å². The second-order valence-corrected chi connectivity index (χ2v) is 8.60. The second-order valence-electron chi connectivity index (χ2n) is 6.32. The van der Waals surface area contributed by atoms with E-state index in [1.54, 1.807) is 31.2 Å². The molecule has 2 aromatic rings. The lowest BCUT2D eigenvalue weighted by Crippen LogP contribution is -2.28. The fourth-order valence-corrected chi connectivity index (χ4v) is 3.60. The summed E-state index contributed by atoms with van der Waals surface area (Å²) in [5.74, 6) is 0.738. The molecule has 2 rings (SSSR count). The van der Waals surface area contributed by atoms with Gasteiger partial charge in [-0.05, 0) is 62.6 Å². The molecule has 152 valence electrons. The van der Waals surface area contributed by atoms with Crippen LogP contribution in [0.15, 0.2) is 48.5 Å². The molecule has 1 amide bonds. The summed E-state index contributed by atoms with van der Waals surface area (Å²) in [5.41, 5.74) is 2.16. The Morgan fingerprint density at radius 3 is 2.39 bits per heavy atom. The van der Waals surface area contributed by atoms with E-state index in [0.29, 0.717) is 24.4 Å². The van der Waals surface area contributed by atoms with Crippen LogP contribution in [-0.2, 0) is 16.4 Å². The smallest absolute Gasteiger partial charge is 0.251 e. The number of sulfonamides is 1. The number of aryl methyl sites for hydroxylation is 1. The van der Waals surface area contributed by atoms with Gasteiger partial charge in [0.05, 0.1) is 18.0 Å². The number of nitrogens with one attached hydrogen (secondary N) is 1. The Labute approximate surface area is 167 Å². The van der Waals surface area contributed by atoms with E-state index in [9.17, 15) is 13.2 Å². The molecule has 28 heavy (non-hydrogen) atoms. The van der Waals surface area contributed by atoms with Gasteiger partial charge in [-0.1, -0.05) is 18.2 Å². The molecule has 0 saturated heterocycles. The number of ether oxygens (including phenoxy) is 1. The van der Waals surface area contributed by atoms with E-state index in [2.05, 4.69) is 5.32 Å². The van der Waals surface area contributed by atoms with Crippen LogP contribution in [-0.4, -0.2) is 40.3 Å². The lowest BCUT2D eigenvalue weighted by Gasteiger charge is -2.18. The molecule has 0 radical (unpaired) electrons. The SMILES string of the molecule is CCOc1ccccc1CCCNC(=O)c1ccc(N(C)S(=O)(=O)CC)cc1. The minimum Gasteiger partial charge on any atom is -0.494 e. The van der Waals surface area contributed by atoms with Crippen molar-refractivity contribution in [2.75, 3.05) is 30.3 Å². The van der Waals surface area contributed by atoms with Gasteiger partial charge in [0.2, 0.25) is 10.0 Å². The van der Waals surface area contributed by atoms with Gasteiger partial charge in [-0.25, -0.2) is 8.42 Å². The summed E-state index contributed by atoms with van der Waals surface area (Å²) in [7, 11) is -1.81. The molecule has 0 unspecified atom stereocenters. The molecule has 1 N–H and O–H groups in total. The van der Waals surface area contributed by atoms with Crippen molar-refractivity contribution in [2.24, 2.45) is 0 Å². The molecule has 0 saturated carbocycles. The van der Waals surface area contributed by atoms with Crippen LogP contribution >= 0.6 is 0 Å². The van der Waals surface area contributed by atoms with E-state index in [0.717, 1.165) is 24.2 Å². The predicted molar refractivity (Wildman–Crippen MR) is 113 cm³/mol. The lowest BCUT2D eigenvalue weighted by molar-refractivity contribution is 0.0953. The van der Waals surface area contributed by atoms with Crippen LogP contribution in [0.1, 0.15) is 36.2 Å². The van der Waals surface area contributed by atoms with Crippen molar-refractivity contribution in [2.45, 2.75) is 26.7 Å². The third kappa shape index (κ3) is 5.73. The number of hydrogen-bond donors (Lipinski definition) is 1. The quantitative estimate of drug-likeness (QED) is 0.617. The Bertz CT molecular complexity index is 880. The fraction of sp³-hybridized carbons (Fsp3) is 0.381. The maximum Gasteiger partial charge on any atom is 0.251 e. The summed E-state index contributed by atoms with van der Waals surface area (Å²) >= 11 is 0. The first kappa shape index (κ1) is 21.8. The van der Waals surface area contributed by atoms with E-state index in [-0.39, 0.29) is 11.7 Å². The zero-order valence-corrected chi connectivity index (χ0v) is 17.5. The van der Waals surface area contributed by atoms with Gasteiger partial charge in [0.25, 0.3) is 5.91 Å². The van der Waals surface area contributed by atoms with Gasteiger partial charge in [-0.2, -0.15) is 0 Å². The van der Waals surface area contributed by atoms with Crippen LogP contribution in [0.5, 0.6) is 5.75 Å². The summed E-state index contributed by atoms with van der Waals surface area (Å²) in [6, 6.07) is 14.5. The van der Waals surface area contributed by atoms with Crippen LogP contribution in [0, 0.1) is 0 Å². The van der Waals surface area contributed by atoms with Crippen LogP contribution in [0.3, 0.4) is 0 Å². The summed E-state index contributed by atoms with van der Waals surface area (Å²) in [5, 5.41) is 2.90. The molecule has 0 aliphatic rings. The molecule has 0 atom stereocenters. The van der Waals surface area contributed by atoms with Crippen molar-refractivity contribution in [3.05, 3.63) is 59.7 Å². The molecule has 2 aromatic carbocycles. The lowest BCUT2D eigenvalue weighted by atomic mass is 10.1. The van der Waals surface area contributed by atoms with Gasteiger partial charge < -0.3 is 10.1 Å². The number of carbonyl (C=O) groups is 1. The zero-order valence-electron chi connectivity index (χ0n) is 16.6. The normalized spacial score (nSPS) is 11.1. The summed E-state index contributed by atoms with van der Waals surface area (Å²) < 4.78 is 30.7. The summed E-state index contributed by atoms with van der Waals surface area (Å²) in [4.78, 5) is 12.3. The molecule has 0 aromatic heterocycles. The van der Waals surface area contributed by atoms with Gasteiger partial charge in [0.1, 0.15) is 5.75 Å². The minimum atomic E-state index is -3.31. The van der Waals surface area contributed by atoms with Crippen molar-refractivity contribution in [3.63, 3.8) is 0 Å². The Hall–Kier alpha value is -2.54. The molecular formula is C21H28N2O4S. The molecule has 0 heterocycles. The van der Waals surface area contributed by atoms with E-state index in [4.69, 9.17) is 4.74 Å². The summed E-state index contributed by atoms with van der Waals surface area (Å²) in [6.07, 6.45) is 1.61. The monoisotopic (exact) mass is 404 g/mol. The maximum atomic E-state index is 12.3. The zero-order chi connectivity index (χ0) is 20.6. The first-order chi connectivity index (χ1) is 13.4. The number of anilines is 1. The molecule has 6 nitrogen and oxygen atoms in total. The molecular weight excluding hydrogens is 376 g/mol. The Balaban J connectivity index is 1.87. The average molecular weight is 405 g/mol. The third-order valence-electron chi connectivity index (χ3n) is 4.46. The van der Waals surface area contributed by atoms with Gasteiger partial charge >= 0.3 is 0 Å². The molecule has 0 spiro atoms. The van der Waals surface area contributed by atoms with E-state index in [1.807, 2.05) is 31.2 Å². The number of rotatable bonds is 10. The van der Waals surface area contributed by atoms with E-state index < -0.39 is 10.0 Å². The Morgan fingerprint density at radius 2 is 1.75 bits per heavy atom. The first-order valence-corrected chi connectivity index (χ1v) is 11.1. The van der Waals surface area contributed by atoms with Crippen LogP contribution in [0.4, 0.5) is 5.69 Å². The second kappa shape index (κ2) is 10.1. The highest BCUT2D eigenvalue weighted by molar-refractivity contribution is 7.92. The number of nitrogens with zero attached hydrogens (tertiary/aromatic N) is 1. The number of para-hydroxylation sites is 1. The van der Waals surface area contributed by atoms with Crippen molar-refractivity contribution in [1.82, 2.24) is 5.32 Å². The van der Waals surface area contributed by atoms with Crippen LogP contribution < -0.4 is 14.4 Å². The van der Waals surface area contributed by atoms with E-state index in [1.165, 1.54) is 11.4 Å². The van der Waals surface area contributed by atoms with Gasteiger partial charge in [0, 0.05) is 19.2 Å². The number of hydrogen-bond acceptors (Lipinski definition) is 4. The number of carbonyl (C=O) groups excluding carboxylic acids is 1. The minimum absolute atomic E-state index is 0.0260. The highest BCUT2D eigenvalue weighted by Gasteiger charge is 2.16. The van der Waals surface area contributed by atoms with Gasteiger partial charge in [0.15, 0.2) is 0 Å². The molecule has 0 bridgehead atoms.